The second kappa shape index (κ2) is 7.53. The zero-order valence-electron chi connectivity index (χ0n) is 15.9. The summed E-state index contributed by atoms with van der Waals surface area (Å²) in [6.45, 7) is 4.17. The Morgan fingerprint density at radius 2 is 2.00 bits per heavy atom. The molecule has 0 atom stereocenters. The lowest BCUT2D eigenvalue weighted by atomic mass is 10.00. The first kappa shape index (κ1) is 17.6. The van der Waals surface area contributed by atoms with Gasteiger partial charge in [0.1, 0.15) is 0 Å². The quantitative estimate of drug-likeness (QED) is 0.733. The molecule has 5 nitrogen and oxygen atoms in total. The molecule has 0 spiro atoms. The SMILES string of the molecule is O=C1NCCc2ccc(-n3ccnc3-c3ccc(CN4CCCCC4)s3)cc21. The molecule has 5 rings (SSSR count). The van der Waals surface area contributed by atoms with Crippen LogP contribution in [0.5, 0.6) is 0 Å². The molecule has 4 heterocycles. The van der Waals surface area contributed by atoms with E-state index in [9.17, 15) is 4.79 Å². The van der Waals surface area contributed by atoms with Crippen LogP contribution < -0.4 is 5.32 Å². The number of hydrogen-bond donors (Lipinski definition) is 1. The van der Waals surface area contributed by atoms with Crippen molar-refractivity contribution in [2.75, 3.05) is 19.6 Å². The Kier molecular flexibility index (Phi) is 4.74. The van der Waals surface area contributed by atoms with Gasteiger partial charge in [0, 0.05) is 41.6 Å². The number of imidazole rings is 1. The molecule has 1 N–H and O–H groups in total. The van der Waals surface area contributed by atoms with Gasteiger partial charge in [-0.15, -0.1) is 11.3 Å². The Morgan fingerprint density at radius 1 is 1.11 bits per heavy atom. The van der Waals surface area contributed by atoms with E-state index in [1.165, 1.54) is 42.1 Å². The van der Waals surface area contributed by atoms with Crippen molar-refractivity contribution >= 4 is 17.2 Å². The molecule has 0 bridgehead atoms. The van der Waals surface area contributed by atoms with Gasteiger partial charge in [0.25, 0.3) is 5.91 Å². The Bertz CT molecular complexity index is 1000. The summed E-state index contributed by atoms with van der Waals surface area (Å²) in [5.41, 5.74) is 2.88. The van der Waals surface area contributed by atoms with Crippen LogP contribution in [0, 0.1) is 0 Å². The topological polar surface area (TPSA) is 50.2 Å². The summed E-state index contributed by atoms with van der Waals surface area (Å²) in [5, 5.41) is 2.93. The number of benzene rings is 1. The van der Waals surface area contributed by atoms with Crippen molar-refractivity contribution < 1.29 is 4.79 Å². The minimum atomic E-state index is 0.0182. The van der Waals surface area contributed by atoms with Crippen molar-refractivity contribution in [1.82, 2.24) is 19.8 Å². The first-order valence-electron chi connectivity index (χ1n) is 10.0. The van der Waals surface area contributed by atoms with Crippen molar-refractivity contribution in [2.24, 2.45) is 0 Å². The molecule has 0 unspecified atom stereocenters. The van der Waals surface area contributed by atoms with Crippen molar-refractivity contribution in [3.05, 3.63) is 58.7 Å². The predicted molar refractivity (Wildman–Crippen MR) is 112 cm³/mol. The van der Waals surface area contributed by atoms with Crippen LogP contribution in [0.15, 0.2) is 42.7 Å². The van der Waals surface area contributed by atoms with Crippen LogP contribution in [0.3, 0.4) is 0 Å². The summed E-state index contributed by atoms with van der Waals surface area (Å²) >= 11 is 1.82. The van der Waals surface area contributed by atoms with Gasteiger partial charge in [0.15, 0.2) is 5.82 Å². The summed E-state index contributed by atoms with van der Waals surface area (Å²) in [6, 6.07) is 10.5. The van der Waals surface area contributed by atoms with Gasteiger partial charge < -0.3 is 5.32 Å². The summed E-state index contributed by atoms with van der Waals surface area (Å²) in [4.78, 5) is 21.9. The zero-order valence-corrected chi connectivity index (χ0v) is 16.7. The van der Waals surface area contributed by atoms with E-state index in [0.29, 0.717) is 0 Å². The lowest BCUT2D eigenvalue weighted by Gasteiger charge is -2.25. The zero-order chi connectivity index (χ0) is 18.9. The molecule has 0 aliphatic carbocycles. The minimum Gasteiger partial charge on any atom is -0.352 e. The van der Waals surface area contributed by atoms with E-state index in [2.05, 4.69) is 44.0 Å². The Balaban J connectivity index is 1.42. The van der Waals surface area contributed by atoms with Gasteiger partial charge in [0.2, 0.25) is 0 Å². The van der Waals surface area contributed by atoms with Gasteiger partial charge >= 0.3 is 0 Å². The number of likely N-dealkylation sites (tertiary alicyclic amines) is 1. The van der Waals surface area contributed by atoms with Gasteiger partial charge in [-0.3, -0.25) is 14.3 Å². The number of nitrogens with zero attached hydrogens (tertiary/aromatic N) is 3. The monoisotopic (exact) mass is 392 g/mol. The van der Waals surface area contributed by atoms with E-state index in [-0.39, 0.29) is 5.91 Å². The van der Waals surface area contributed by atoms with Gasteiger partial charge in [-0.2, -0.15) is 0 Å². The number of rotatable bonds is 4. The van der Waals surface area contributed by atoms with Crippen molar-refractivity contribution in [3.8, 4) is 16.4 Å². The standard InChI is InChI=1S/C22H24N4OS/c27-22-19-14-17(5-4-16(19)8-9-24-22)26-13-10-23-21(26)20-7-6-18(28-20)15-25-11-2-1-3-12-25/h4-7,10,13-14H,1-3,8-9,11-12,15H2,(H,24,27). The smallest absolute Gasteiger partial charge is 0.251 e. The third kappa shape index (κ3) is 3.38. The third-order valence-electron chi connectivity index (χ3n) is 5.65. The minimum absolute atomic E-state index is 0.0182. The van der Waals surface area contributed by atoms with Gasteiger partial charge in [0.05, 0.1) is 4.88 Å². The number of hydrogen-bond acceptors (Lipinski definition) is 4. The van der Waals surface area contributed by atoms with E-state index in [1.807, 2.05) is 29.8 Å². The number of fused-ring (bicyclic) bond motifs is 1. The van der Waals surface area contributed by atoms with E-state index in [4.69, 9.17) is 0 Å². The fraction of sp³-hybridized carbons (Fsp3) is 0.364. The van der Waals surface area contributed by atoms with Crippen LogP contribution in [-0.2, 0) is 13.0 Å². The van der Waals surface area contributed by atoms with Crippen LogP contribution >= 0.6 is 11.3 Å². The molecule has 2 aliphatic rings. The molecule has 1 saturated heterocycles. The summed E-state index contributed by atoms with van der Waals surface area (Å²) in [7, 11) is 0. The van der Waals surface area contributed by atoms with Crippen LogP contribution in [0.25, 0.3) is 16.4 Å². The van der Waals surface area contributed by atoms with E-state index < -0.39 is 0 Å². The average molecular weight is 393 g/mol. The highest BCUT2D eigenvalue weighted by molar-refractivity contribution is 7.15. The molecule has 1 fully saturated rings. The fourth-order valence-electron chi connectivity index (χ4n) is 4.16. The number of aromatic nitrogens is 2. The molecular formula is C22H24N4OS. The van der Waals surface area contributed by atoms with Gasteiger partial charge in [-0.05, 0) is 62.2 Å². The summed E-state index contributed by atoms with van der Waals surface area (Å²) in [5.74, 6) is 0.954. The molecule has 3 aromatic rings. The Morgan fingerprint density at radius 3 is 2.89 bits per heavy atom. The average Bonchev–Trinajstić information content (AvgIpc) is 3.38. The number of thiophene rings is 1. The molecule has 28 heavy (non-hydrogen) atoms. The Hall–Kier alpha value is -2.44. The van der Waals surface area contributed by atoms with Crippen LogP contribution in [-0.4, -0.2) is 40.0 Å². The number of carbonyl (C=O) groups excluding carboxylic acids is 1. The molecule has 0 radical (unpaired) electrons. The number of nitrogens with one attached hydrogen (secondary N) is 1. The molecule has 2 aromatic heterocycles. The second-order valence-corrected chi connectivity index (χ2v) is 8.74. The van der Waals surface area contributed by atoms with Crippen LogP contribution in [0.4, 0.5) is 0 Å². The first-order valence-corrected chi connectivity index (χ1v) is 10.9. The number of amides is 1. The van der Waals surface area contributed by atoms with Gasteiger partial charge in [-0.1, -0.05) is 12.5 Å². The molecule has 1 aromatic carbocycles. The maximum absolute atomic E-state index is 12.2. The molecule has 1 amide bonds. The van der Waals surface area contributed by atoms with Crippen LogP contribution in [0.1, 0.15) is 40.1 Å². The van der Waals surface area contributed by atoms with E-state index >= 15 is 0 Å². The Labute approximate surface area is 169 Å². The molecule has 2 aliphatic heterocycles. The van der Waals surface area contributed by atoms with Crippen molar-refractivity contribution in [3.63, 3.8) is 0 Å². The van der Waals surface area contributed by atoms with Crippen LogP contribution in [0.2, 0.25) is 0 Å². The summed E-state index contributed by atoms with van der Waals surface area (Å²) in [6.07, 6.45) is 8.69. The first-order chi connectivity index (χ1) is 13.8. The van der Waals surface area contributed by atoms with Crippen molar-refractivity contribution in [2.45, 2.75) is 32.2 Å². The number of carbonyl (C=O) groups is 1. The highest BCUT2D eigenvalue weighted by Gasteiger charge is 2.19. The molecule has 0 saturated carbocycles. The largest absolute Gasteiger partial charge is 0.352 e. The lowest BCUT2D eigenvalue weighted by molar-refractivity contribution is 0.0946. The predicted octanol–water partition coefficient (Wildman–Crippen LogP) is 3.87. The molecule has 6 heteroatoms. The van der Waals surface area contributed by atoms with Crippen molar-refractivity contribution in [1.29, 1.82) is 0 Å². The molecular weight excluding hydrogens is 368 g/mol. The highest BCUT2D eigenvalue weighted by Crippen LogP contribution is 2.30. The second-order valence-electron chi connectivity index (χ2n) is 7.57. The van der Waals surface area contributed by atoms with Gasteiger partial charge in [-0.25, -0.2) is 4.98 Å². The third-order valence-corrected chi connectivity index (χ3v) is 6.71. The summed E-state index contributed by atoms with van der Waals surface area (Å²) < 4.78 is 2.08. The maximum atomic E-state index is 12.2. The highest BCUT2D eigenvalue weighted by atomic mass is 32.1. The fourth-order valence-corrected chi connectivity index (χ4v) is 5.21. The molecule has 144 valence electrons. The normalized spacial score (nSPS) is 17.4. The lowest BCUT2D eigenvalue weighted by Crippen LogP contribution is -2.31. The van der Waals surface area contributed by atoms with E-state index in [0.717, 1.165) is 42.1 Å². The van der Waals surface area contributed by atoms with E-state index in [1.54, 1.807) is 0 Å². The maximum Gasteiger partial charge on any atom is 0.251 e. The number of piperidine rings is 1.